The number of rotatable bonds is 4. The van der Waals surface area contributed by atoms with Crippen LogP contribution in [0.25, 0.3) is 0 Å². The van der Waals surface area contributed by atoms with Crippen molar-refractivity contribution in [2.45, 2.75) is 0 Å². The molecule has 1 fully saturated rings. The molecule has 1 aliphatic rings. The summed E-state index contributed by atoms with van der Waals surface area (Å²) in [6.45, 7) is 4.70. The van der Waals surface area contributed by atoms with Crippen LogP contribution in [-0.4, -0.2) is 44.4 Å². The largest absolute Gasteiger partial charge is 0.489 e. The quantitative estimate of drug-likeness (QED) is 0.770. The molecule has 0 spiro atoms. The lowest BCUT2D eigenvalue weighted by Crippen LogP contribution is -2.38. The van der Waals surface area contributed by atoms with Crippen LogP contribution in [0.2, 0.25) is 0 Å². The van der Waals surface area contributed by atoms with E-state index in [0.717, 1.165) is 32.8 Å². The zero-order valence-corrected chi connectivity index (χ0v) is 9.12. The highest BCUT2D eigenvalue weighted by Gasteiger charge is 2.10. The first kappa shape index (κ1) is 11.4. The van der Waals surface area contributed by atoms with Crippen molar-refractivity contribution in [1.82, 2.24) is 4.90 Å². The monoisotopic (exact) mass is 224 g/mol. The Morgan fingerprint density at radius 3 is 3.00 bits per heavy atom. The average molecular weight is 224 g/mol. The normalized spacial score (nSPS) is 17.3. The van der Waals surface area contributed by atoms with E-state index >= 15 is 0 Å². The molecule has 1 radical (unpaired) electrons. The highest BCUT2D eigenvalue weighted by molar-refractivity contribution is 5.22. The van der Waals surface area contributed by atoms with Crippen molar-refractivity contribution in [2.24, 2.45) is 0 Å². The summed E-state index contributed by atoms with van der Waals surface area (Å²) in [5.41, 5.74) is 0. The average Bonchev–Trinajstić information content (AvgIpc) is 2.33. The van der Waals surface area contributed by atoms with Crippen molar-refractivity contribution in [3.05, 3.63) is 30.1 Å². The molecule has 2 rings (SSSR count). The summed E-state index contributed by atoms with van der Waals surface area (Å²) >= 11 is 0. The molecule has 0 atom stereocenters. The predicted molar refractivity (Wildman–Crippen MR) is 58.0 cm³/mol. The second-order valence-corrected chi connectivity index (χ2v) is 3.66. The topological polar surface area (TPSA) is 21.7 Å². The summed E-state index contributed by atoms with van der Waals surface area (Å²) in [5, 5.41) is 0. The Balaban J connectivity index is 1.73. The van der Waals surface area contributed by atoms with Gasteiger partial charge in [-0.15, -0.1) is 0 Å². The van der Waals surface area contributed by atoms with Crippen LogP contribution in [-0.2, 0) is 4.74 Å². The number of ether oxygens (including phenoxy) is 2. The van der Waals surface area contributed by atoms with Crippen molar-refractivity contribution in [3.8, 4) is 5.75 Å². The molecule has 87 valence electrons. The molecule has 1 aromatic rings. The third-order valence-electron chi connectivity index (χ3n) is 2.55. The molecule has 0 aliphatic carbocycles. The fourth-order valence-electron chi connectivity index (χ4n) is 1.62. The maximum atomic E-state index is 13.2. The summed E-state index contributed by atoms with van der Waals surface area (Å²) in [4.78, 5) is 2.25. The molecule has 0 saturated carbocycles. The zero-order chi connectivity index (χ0) is 11.2. The fourth-order valence-corrected chi connectivity index (χ4v) is 1.62. The number of hydrogen-bond acceptors (Lipinski definition) is 3. The van der Waals surface area contributed by atoms with E-state index < -0.39 is 0 Å². The van der Waals surface area contributed by atoms with Crippen LogP contribution in [0.15, 0.2) is 18.2 Å². The van der Waals surface area contributed by atoms with Gasteiger partial charge in [0.2, 0.25) is 0 Å². The summed E-state index contributed by atoms with van der Waals surface area (Å²) in [6.07, 6.45) is 0. The fraction of sp³-hybridized carbons (Fsp3) is 0.500. The SMILES string of the molecule is Fc1c[c]ccc1OCCN1CCOCC1. The number of nitrogens with zero attached hydrogens (tertiary/aromatic N) is 1. The number of hydrogen-bond donors (Lipinski definition) is 0. The minimum Gasteiger partial charge on any atom is -0.489 e. The van der Waals surface area contributed by atoms with Gasteiger partial charge in [0.15, 0.2) is 11.6 Å². The van der Waals surface area contributed by atoms with Crippen molar-refractivity contribution in [1.29, 1.82) is 0 Å². The van der Waals surface area contributed by atoms with E-state index in [9.17, 15) is 4.39 Å². The molecule has 1 heterocycles. The van der Waals surface area contributed by atoms with E-state index in [2.05, 4.69) is 11.0 Å². The lowest BCUT2D eigenvalue weighted by molar-refractivity contribution is 0.0320. The smallest absolute Gasteiger partial charge is 0.165 e. The molecule has 1 aromatic carbocycles. The van der Waals surface area contributed by atoms with Gasteiger partial charge in [-0.25, -0.2) is 4.39 Å². The second kappa shape index (κ2) is 5.82. The molecule has 0 amide bonds. The van der Waals surface area contributed by atoms with Crippen molar-refractivity contribution >= 4 is 0 Å². The molecule has 3 nitrogen and oxygen atoms in total. The van der Waals surface area contributed by atoms with E-state index in [0.29, 0.717) is 12.4 Å². The van der Waals surface area contributed by atoms with E-state index in [1.54, 1.807) is 12.1 Å². The third-order valence-corrected chi connectivity index (χ3v) is 2.55. The van der Waals surface area contributed by atoms with Crippen LogP contribution < -0.4 is 4.74 Å². The van der Waals surface area contributed by atoms with Crippen molar-refractivity contribution in [3.63, 3.8) is 0 Å². The van der Waals surface area contributed by atoms with Gasteiger partial charge in [0.05, 0.1) is 13.2 Å². The molecule has 0 bridgehead atoms. The molecule has 1 aliphatic heterocycles. The Bertz CT molecular complexity index is 327. The van der Waals surface area contributed by atoms with Gasteiger partial charge in [0.1, 0.15) is 6.61 Å². The van der Waals surface area contributed by atoms with Gasteiger partial charge in [0.25, 0.3) is 0 Å². The van der Waals surface area contributed by atoms with Gasteiger partial charge in [-0.1, -0.05) is 6.07 Å². The Labute approximate surface area is 94.8 Å². The van der Waals surface area contributed by atoms with E-state index in [4.69, 9.17) is 9.47 Å². The van der Waals surface area contributed by atoms with E-state index in [1.165, 1.54) is 6.07 Å². The van der Waals surface area contributed by atoms with Crippen molar-refractivity contribution in [2.75, 3.05) is 39.5 Å². The lowest BCUT2D eigenvalue weighted by Gasteiger charge is -2.26. The Morgan fingerprint density at radius 2 is 2.25 bits per heavy atom. The number of halogens is 1. The van der Waals surface area contributed by atoms with Crippen LogP contribution in [0, 0.1) is 11.9 Å². The van der Waals surface area contributed by atoms with Gasteiger partial charge in [0, 0.05) is 19.6 Å². The molecule has 0 aromatic heterocycles. The minimum absolute atomic E-state index is 0.298. The van der Waals surface area contributed by atoms with Gasteiger partial charge >= 0.3 is 0 Å². The lowest BCUT2D eigenvalue weighted by atomic mass is 10.3. The van der Waals surface area contributed by atoms with Gasteiger partial charge in [-0.05, 0) is 18.2 Å². The molecule has 4 heteroatoms. The summed E-state index contributed by atoms with van der Waals surface area (Å²) in [5.74, 6) is -0.0588. The van der Waals surface area contributed by atoms with Gasteiger partial charge in [-0.2, -0.15) is 0 Å². The van der Waals surface area contributed by atoms with Crippen LogP contribution in [0.4, 0.5) is 4.39 Å². The zero-order valence-electron chi connectivity index (χ0n) is 9.12. The van der Waals surface area contributed by atoms with Gasteiger partial charge in [-0.3, -0.25) is 4.90 Å². The molecular formula is C12H15FNO2. The van der Waals surface area contributed by atoms with E-state index in [-0.39, 0.29) is 5.82 Å². The first-order chi connectivity index (χ1) is 7.86. The van der Waals surface area contributed by atoms with Gasteiger partial charge < -0.3 is 9.47 Å². The van der Waals surface area contributed by atoms with Crippen LogP contribution >= 0.6 is 0 Å². The standard InChI is InChI=1S/C12H15FNO2/c13-11-3-1-2-4-12(11)16-10-7-14-5-8-15-9-6-14/h2-4H,5-10H2. The minimum atomic E-state index is -0.357. The second-order valence-electron chi connectivity index (χ2n) is 3.66. The summed E-state index contributed by atoms with van der Waals surface area (Å²) < 4.78 is 23.8. The molecule has 0 N–H and O–H groups in total. The van der Waals surface area contributed by atoms with Crippen molar-refractivity contribution < 1.29 is 13.9 Å². The number of benzene rings is 1. The van der Waals surface area contributed by atoms with Crippen LogP contribution in [0.1, 0.15) is 0 Å². The Hall–Kier alpha value is -1.13. The predicted octanol–water partition coefficient (Wildman–Crippen LogP) is 1.34. The Morgan fingerprint density at radius 1 is 1.44 bits per heavy atom. The summed E-state index contributed by atoms with van der Waals surface area (Å²) in [7, 11) is 0. The first-order valence-corrected chi connectivity index (χ1v) is 5.45. The Kier molecular flexibility index (Phi) is 4.13. The summed E-state index contributed by atoms with van der Waals surface area (Å²) in [6, 6.07) is 7.18. The molecule has 0 unspecified atom stereocenters. The molecular weight excluding hydrogens is 209 g/mol. The van der Waals surface area contributed by atoms with E-state index in [1.807, 2.05) is 0 Å². The van der Waals surface area contributed by atoms with Crippen LogP contribution in [0.5, 0.6) is 5.75 Å². The molecule has 16 heavy (non-hydrogen) atoms. The maximum absolute atomic E-state index is 13.2. The van der Waals surface area contributed by atoms with Crippen LogP contribution in [0.3, 0.4) is 0 Å². The number of morpholine rings is 1. The highest BCUT2D eigenvalue weighted by Crippen LogP contribution is 2.14. The highest BCUT2D eigenvalue weighted by atomic mass is 19.1. The molecule has 1 saturated heterocycles. The third kappa shape index (κ3) is 3.18. The maximum Gasteiger partial charge on any atom is 0.165 e. The first-order valence-electron chi connectivity index (χ1n) is 5.45.